The van der Waals surface area contributed by atoms with Crippen molar-refractivity contribution in [1.29, 1.82) is 0 Å². The Morgan fingerprint density at radius 1 is 1.10 bits per heavy atom. The van der Waals surface area contributed by atoms with Crippen LogP contribution in [0, 0.1) is 5.92 Å². The summed E-state index contributed by atoms with van der Waals surface area (Å²) in [6.07, 6.45) is 7.23. The van der Waals surface area contributed by atoms with Gasteiger partial charge in [0.2, 0.25) is 5.91 Å². The Hall–Kier alpha value is -3.52. The van der Waals surface area contributed by atoms with Gasteiger partial charge in [-0.1, -0.05) is 25.2 Å². The number of pyridine rings is 1. The number of aromatic nitrogens is 3. The van der Waals surface area contributed by atoms with Gasteiger partial charge in [-0.3, -0.25) is 14.6 Å². The average Bonchev–Trinajstić information content (AvgIpc) is 3.45. The van der Waals surface area contributed by atoms with Crippen LogP contribution in [0.15, 0.2) is 67.3 Å². The summed E-state index contributed by atoms with van der Waals surface area (Å²) in [6.45, 7) is 4.20. The third-order valence-corrected chi connectivity index (χ3v) is 5.95. The van der Waals surface area contributed by atoms with Crippen LogP contribution < -0.4 is 10.6 Å². The molecule has 2 N–H and O–H groups in total. The number of nitrogens with zero attached hydrogens (tertiary/aromatic N) is 3. The predicted molar refractivity (Wildman–Crippen MR) is 121 cm³/mol. The fourth-order valence-corrected chi connectivity index (χ4v) is 4.16. The summed E-state index contributed by atoms with van der Waals surface area (Å²) >= 11 is 1.51. The van der Waals surface area contributed by atoms with Crippen LogP contribution >= 0.6 is 11.3 Å². The highest BCUT2D eigenvalue weighted by Gasteiger charge is 2.24. The Kier molecular flexibility index (Phi) is 6.08. The van der Waals surface area contributed by atoms with Crippen LogP contribution in [0.1, 0.15) is 29.8 Å². The van der Waals surface area contributed by atoms with E-state index in [-0.39, 0.29) is 17.7 Å². The second-order valence-electron chi connectivity index (χ2n) is 7.54. The molecule has 4 aromatic rings. The summed E-state index contributed by atoms with van der Waals surface area (Å²) in [5.74, 6) is -0.557. The minimum Gasteiger partial charge on any atom is -0.350 e. The Morgan fingerprint density at radius 2 is 1.84 bits per heavy atom. The van der Waals surface area contributed by atoms with Crippen LogP contribution in [-0.4, -0.2) is 32.4 Å². The molecule has 158 valence electrons. The number of fused-ring (bicyclic) bond motifs is 1. The molecule has 0 fully saturated rings. The first-order chi connectivity index (χ1) is 15.0. The van der Waals surface area contributed by atoms with E-state index in [4.69, 9.17) is 0 Å². The number of benzene rings is 1. The molecular formula is C23H23N5O2S. The number of carbonyl (C=O) groups is 2. The van der Waals surface area contributed by atoms with Gasteiger partial charge in [0, 0.05) is 36.9 Å². The van der Waals surface area contributed by atoms with E-state index < -0.39 is 6.04 Å². The van der Waals surface area contributed by atoms with E-state index in [0.29, 0.717) is 12.1 Å². The molecule has 0 aliphatic rings. The van der Waals surface area contributed by atoms with Gasteiger partial charge in [0.25, 0.3) is 5.91 Å². The molecule has 0 aliphatic carbocycles. The predicted octanol–water partition coefficient (Wildman–Crippen LogP) is 3.55. The van der Waals surface area contributed by atoms with Crippen molar-refractivity contribution in [3.8, 4) is 5.13 Å². The fourth-order valence-electron chi connectivity index (χ4n) is 3.19. The number of nitrogens with one attached hydrogen (secondary N) is 2. The van der Waals surface area contributed by atoms with Crippen molar-refractivity contribution < 1.29 is 9.59 Å². The van der Waals surface area contributed by atoms with Crippen LogP contribution in [0.5, 0.6) is 0 Å². The Labute approximate surface area is 184 Å². The van der Waals surface area contributed by atoms with E-state index in [1.807, 2.05) is 67.2 Å². The van der Waals surface area contributed by atoms with Crippen molar-refractivity contribution in [1.82, 2.24) is 25.2 Å². The minimum absolute atomic E-state index is 0.0612. The first-order valence-corrected chi connectivity index (χ1v) is 10.8. The van der Waals surface area contributed by atoms with Crippen LogP contribution in [0.2, 0.25) is 0 Å². The molecule has 0 saturated heterocycles. The first-order valence-electron chi connectivity index (χ1n) is 10.0. The molecule has 4 rings (SSSR count). The van der Waals surface area contributed by atoms with Gasteiger partial charge < -0.3 is 15.2 Å². The summed E-state index contributed by atoms with van der Waals surface area (Å²) in [5, 5.41) is 6.62. The quantitative estimate of drug-likeness (QED) is 0.466. The van der Waals surface area contributed by atoms with Crippen LogP contribution in [-0.2, 0) is 11.3 Å². The van der Waals surface area contributed by atoms with Crippen LogP contribution in [0.25, 0.3) is 15.3 Å². The van der Waals surface area contributed by atoms with Gasteiger partial charge in [-0.05, 0) is 53.9 Å². The lowest BCUT2D eigenvalue weighted by Crippen LogP contribution is -2.49. The highest BCUT2D eigenvalue weighted by Crippen LogP contribution is 2.26. The van der Waals surface area contributed by atoms with E-state index in [2.05, 4.69) is 20.6 Å². The molecule has 0 radical (unpaired) electrons. The van der Waals surface area contributed by atoms with E-state index in [0.717, 1.165) is 20.9 Å². The van der Waals surface area contributed by atoms with Crippen molar-refractivity contribution in [2.45, 2.75) is 26.4 Å². The number of rotatable bonds is 7. The minimum atomic E-state index is -0.637. The van der Waals surface area contributed by atoms with E-state index in [9.17, 15) is 9.59 Å². The number of carbonyl (C=O) groups excluding carboxylic acids is 2. The molecule has 0 bridgehead atoms. The Bertz CT molecular complexity index is 1190. The Balaban J connectivity index is 1.46. The first kappa shape index (κ1) is 20.7. The standard InChI is InChI=1S/C23H23N5O2S/c1-15(2)20(22(30)25-14-16-7-9-24-10-8-16)27-21(29)17-5-6-18-19(13-17)31-23(26-18)28-11-3-4-12-28/h3-13,15,20H,14H2,1-2H3,(H,25,30)(H,27,29). The normalized spacial score (nSPS) is 12.1. The molecule has 8 heteroatoms. The van der Waals surface area contributed by atoms with Crippen molar-refractivity contribution >= 4 is 33.4 Å². The summed E-state index contributed by atoms with van der Waals surface area (Å²) < 4.78 is 2.85. The summed E-state index contributed by atoms with van der Waals surface area (Å²) in [4.78, 5) is 34.2. The highest BCUT2D eigenvalue weighted by molar-refractivity contribution is 7.20. The molecule has 1 unspecified atom stereocenters. The number of amides is 2. The smallest absolute Gasteiger partial charge is 0.251 e. The number of thiazole rings is 1. The van der Waals surface area contributed by atoms with Crippen molar-refractivity contribution in [2.24, 2.45) is 5.92 Å². The van der Waals surface area contributed by atoms with Gasteiger partial charge in [0.05, 0.1) is 10.2 Å². The molecule has 0 saturated carbocycles. The van der Waals surface area contributed by atoms with Gasteiger partial charge in [-0.15, -0.1) is 0 Å². The van der Waals surface area contributed by atoms with E-state index >= 15 is 0 Å². The maximum absolute atomic E-state index is 12.9. The number of hydrogen-bond acceptors (Lipinski definition) is 5. The maximum atomic E-state index is 12.9. The molecule has 0 aliphatic heterocycles. The van der Waals surface area contributed by atoms with E-state index in [1.165, 1.54) is 11.3 Å². The summed E-state index contributed by atoms with van der Waals surface area (Å²) in [7, 11) is 0. The van der Waals surface area contributed by atoms with Crippen molar-refractivity contribution in [2.75, 3.05) is 0 Å². The third kappa shape index (κ3) is 4.80. The zero-order valence-electron chi connectivity index (χ0n) is 17.3. The van der Waals surface area contributed by atoms with Crippen molar-refractivity contribution in [3.63, 3.8) is 0 Å². The molecule has 1 atom stereocenters. The fraction of sp³-hybridized carbons (Fsp3) is 0.217. The lowest BCUT2D eigenvalue weighted by Gasteiger charge is -2.21. The van der Waals surface area contributed by atoms with Gasteiger partial charge >= 0.3 is 0 Å². The molecule has 2 amide bonds. The lowest BCUT2D eigenvalue weighted by molar-refractivity contribution is -0.124. The molecule has 7 nitrogen and oxygen atoms in total. The monoisotopic (exact) mass is 433 g/mol. The molecule has 3 heterocycles. The third-order valence-electron chi connectivity index (χ3n) is 4.92. The van der Waals surface area contributed by atoms with Gasteiger partial charge in [-0.2, -0.15) is 0 Å². The summed E-state index contributed by atoms with van der Waals surface area (Å²) in [5.41, 5.74) is 2.29. The van der Waals surface area contributed by atoms with Crippen molar-refractivity contribution in [3.05, 3.63) is 78.4 Å². The highest BCUT2D eigenvalue weighted by atomic mass is 32.1. The largest absolute Gasteiger partial charge is 0.350 e. The van der Waals surface area contributed by atoms with Crippen LogP contribution in [0.3, 0.4) is 0 Å². The number of hydrogen-bond donors (Lipinski definition) is 2. The van der Waals surface area contributed by atoms with Gasteiger partial charge in [-0.25, -0.2) is 4.98 Å². The Morgan fingerprint density at radius 3 is 2.55 bits per heavy atom. The maximum Gasteiger partial charge on any atom is 0.251 e. The molecule has 31 heavy (non-hydrogen) atoms. The van der Waals surface area contributed by atoms with E-state index in [1.54, 1.807) is 18.5 Å². The van der Waals surface area contributed by atoms with Crippen LogP contribution in [0.4, 0.5) is 0 Å². The topological polar surface area (TPSA) is 88.9 Å². The second-order valence-corrected chi connectivity index (χ2v) is 8.55. The van der Waals surface area contributed by atoms with Gasteiger partial charge in [0.1, 0.15) is 6.04 Å². The molecular weight excluding hydrogens is 410 g/mol. The zero-order chi connectivity index (χ0) is 21.8. The molecule has 0 spiro atoms. The second kappa shape index (κ2) is 9.09. The van der Waals surface area contributed by atoms with Gasteiger partial charge in [0.15, 0.2) is 5.13 Å². The zero-order valence-corrected chi connectivity index (χ0v) is 18.1. The molecule has 1 aromatic carbocycles. The lowest BCUT2D eigenvalue weighted by atomic mass is 10.0. The SMILES string of the molecule is CC(C)C(NC(=O)c1ccc2nc(-n3cccc3)sc2c1)C(=O)NCc1ccncc1. The average molecular weight is 434 g/mol. The summed E-state index contributed by atoms with van der Waals surface area (Å²) in [6, 6.07) is 12.3. The molecule has 3 aromatic heterocycles.